The topological polar surface area (TPSA) is 131 Å². The summed E-state index contributed by atoms with van der Waals surface area (Å²) in [6.07, 6.45) is 5.52. The van der Waals surface area contributed by atoms with Gasteiger partial charge in [0.1, 0.15) is 12.4 Å². The van der Waals surface area contributed by atoms with Gasteiger partial charge in [-0.15, -0.1) is 0 Å². The lowest BCUT2D eigenvalue weighted by Crippen LogP contribution is -2.39. The summed E-state index contributed by atoms with van der Waals surface area (Å²) in [4.78, 5) is 29.1. The maximum absolute atomic E-state index is 11.1. The molecule has 4 rings (SSSR count). The fraction of sp³-hybridized carbons (Fsp3) is 0.643. The highest BCUT2D eigenvalue weighted by Crippen LogP contribution is 2.45. The monoisotopic (exact) mass is 528 g/mol. The highest BCUT2D eigenvalue weighted by Gasteiger charge is 2.41. The van der Waals surface area contributed by atoms with Crippen LogP contribution in [-0.4, -0.2) is 32.0 Å². The van der Waals surface area contributed by atoms with Crippen LogP contribution < -0.4 is 0 Å². The van der Waals surface area contributed by atoms with Crippen LogP contribution in [0.15, 0.2) is 36.9 Å². The molecule has 0 amide bonds. The van der Waals surface area contributed by atoms with Crippen molar-refractivity contribution in [1.29, 1.82) is 0 Å². The molecule has 208 valence electrons. The molecule has 4 heterocycles. The minimum Gasteiger partial charge on any atom is -0.370 e. The molecule has 0 radical (unpaired) electrons. The number of nitrogens with zero attached hydrogens (tertiary/aromatic N) is 4. The molecular weight excluding hydrogens is 488 g/mol. The zero-order chi connectivity index (χ0) is 28.3. The second kappa shape index (κ2) is 12.3. The van der Waals surface area contributed by atoms with Crippen molar-refractivity contribution in [3.8, 4) is 0 Å². The first-order valence-corrected chi connectivity index (χ1v) is 13.3. The summed E-state index contributed by atoms with van der Waals surface area (Å²) in [5, 5.41) is 22.2. The Bertz CT molecular complexity index is 1040. The van der Waals surface area contributed by atoms with Crippen molar-refractivity contribution in [3.63, 3.8) is 0 Å². The molecule has 0 spiro atoms. The maximum Gasteiger partial charge on any atom is 0.293 e. The molecule has 2 saturated heterocycles. The van der Waals surface area contributed by atoms with Gasteiger partial charge in [0, 0.05) is 12.4 Å². The molecule has 2 fully saturated rings. The van der Waals surface area contributed by atoms with E-state index in [2.05, 4.69) is 51.5 Å². The van der Waals surface area contributed by atoms with E-state index in [0.717, 1.165) is 0 Å². The van der Waals surface area contributed by atoms with Crippen LogP contribution in [0.4, 0.5) is 11.4 Å². The van der Waals surface area contributed by atoms with E-state index in [1.54, 1.807) is 24.5 Å². The first-order chi connectivity index (χ1) is 17.9. The normalized spacial score (nSPS) is 35.1. The number of rotatable bonds is 4. The zero-order valence-electron chi connectivity index (χ0n) is 23.5. The van der Waals surface area contributed by atoms with E-state index in [0.29, 0.717) is 34.8 Å². The van der Waals surface area contributed by atoms with Crippen LogP contribution in [0.5, 0.6) is 0 Å². The minimum atomic E-state index is -0.383. The Hall–Kier alpha value is -2.98. The summed E-state index contributed by atoms with van der Waals surface area (Å²) < 4.78 is 12.1. The van der Waals surface area contributed by atoms with Crippen LogP contribution in [0.1, 0.15) is 78.7 Å². The van der Waals surface area contributed by atoms with Crippen LogP contribution in [0.2, 0.25) is 0 Å². The Balaban J connectivity index is 0.000000211. The molecule has 0 N–H and O–H groups in total. The number of aromatic nitrogens is 2. The molecular formula is C28H40N4O6. The van der Waals surface area contributed by atoms with Crippen molar-refractivity contribution in [2.75, 3.05) is 0 Å². The van der Waals surface area contributed by atoms with Crippen LogP contribution in [-0.2, 0) is 9.47 Å². The minimum absolute atomic E-state index is 0.0494. The van der Waals surface area contributed by atoms with E-state index in [4.69, 9.17) is 9.47 Å². The number of ether oxygens (including phenoxy) is 2. The Kier molecular flexibility index (Phi) is 9.54. The van der Waals surface area contributed by atoms with E-state index in [1.807, 2.05) is 13.8 Å². The maximum atomic E-state index is 11.1. The quantitative estimate of drug-likeness (QED) is 0.316. The van der Waals surface area contributed by atoms with Crippen molar-refractivity contribution < 1.29 is 19.3 Å². The van der Waals surface area contributed by atoms with Gasteiger partial charge in [-0.3, -0.25) is 30.2 Å². The second-order valence-corrected chi connectivity index (χ2v) is 11.1. The second-order valence-electron chi connectivity index (χ2n) is 11.1. The number of hydrogen-bond donors (Lipinski definition) is 0. The molecule has 2 aliphatic heterocycles. The van der Waals surface area contributed by atoms with Gasteiger partial charge in [-0.05, 0) is 61.5 Å². The van der Waals surface area contributed by atoms with Crippen LogP contribution in [0, 0.1) is 55.7 Å². The first-order valence-electron chi connectivity index (χ1n) is 13.3. The average Bonchev–Trinajstić information content (AvgIpc) is 2.90. The molecule has 0 saturated carbocycles. The molecule has 0 aliphatic carbocycles. The van der Waals surface area contributed by atoms with E-state index < -0.39 is 0 Å². The summed E-state index contributed by atoms with van der Waals surface area (Å²) in [7, 11) is 0. The molecule has 2 aromatic heterocycles. The predicted octanol–water partition coefficient (Wildman–Crippen LogP) is 6.72. The number of nitro groups is 2. The van der Waals surface area contributed by atoms with Crippen LogP contribution in [0.3, 0.4) is 0 Å². The van der Waals surface area contributed by atoms with Crippen molar-refractivity contribution in [2.45, 2.75) is 79.8 Å². The van der Waals surface area contributed by atoms with Crippen molar-refractivity contribution >= 4 is 11.4 Å². The van der Waals surface area contributed by atoms with Gasteiger partial charge in [0.15, 0.2) is 0 Å². The van der Waals surface area contributed by atoms with Crippen molar-refractivity contribution in [2.24, 2.45) is 35.5 Å². The molecule has 0 bridgehead atoms. The lowest BCUT2D eigenvalue weighted by molar-refractivity contribution is -0.387. The molecule has 0 unspecified atom stereocenters. The van der Waals surface area contributed by atoms with E-state index in [-0.39, 0.29) is 57.5 Å². The Labute approximate surface area is 224 Å². The third-order valence-corrected chi connectivity index (χ3v) is 9.15. The van der Waals surface area contributed by atoms with Crippen LogP contribution in [0.25, 0.3) is 0 Å². The number of pyridine rings is 2. The number of hydrogen-bond acceptors (Lipinski definition) is 8. The summed E-state index contributed by atoms with van der Waals surface area (Å²) in [5.41, 5.74) is 1.37. The molecule has 0 aromatic carbocycles. The van der Waals surface area contributed by atoms with E-state index in [1.165, 1.54) is 12.4 Å². The van der Waals surface area contributed by atoms with E-state index >= 15 is 0 Å². The van der Waals surface area contributed by atoms with Gasteiger partial charge in [0.2, 0.25) is 0 Å². The summed E-state index contributed by atoms with van der Waals surface area (Å²) in [5.74, 6) is 2.31. The van der Waals surface area contributed by atoms with Gasteiger partial charge in [-0.25, -0.2) is 0 Å². The fourth-order valence-corrected chi connectivity index (χ4v) is 5.62. The Morgan fingerprint density at radius 2 is 0.947 bits per heavy atom. The lowest BCUT2D eigenvalue weighted by atomic mass is 9.75. The van der Waals surface area contributed by atoms with Crippen molar-refractivity contribution in [1.82, 2.24) is 9.97 Å². The first kappa shape index (κ1) is 29.6. The molecule has 10 nitrogen and oxygen atoms in total. The standard InChI is InChI=1S/2C14H20N2O3/c2*1-8-9(2)11(4)19-14(10(8)3)12-5-6-15-7-13(12)16(17)18/h2*5-11,14H,1-4H3/t8-,9+,10-,11+,14+;8-,9-,10-,11+,14+/m00/s1. The predicted molar refractivity (Wildman–Crippen MR) is 143 cm³/mol. The summed E-state index contributed by atoms with van der Waals surface area (Å²) in [6, 6.07) is 3.41. The molecule has 10 heteroatoms. The third kappa shape index (κ3) is 6.02. The molecule has 2 aliphatic rings. The Morgan fingerprint density at radius 1 is 0.605 bits per heavy atom. The molecule has 2 aromatic rings. The average molecular weight is 529 g/mol. The smallest absolute Gasteiger partial charge is 0.293 e. The lowest BCUT2D eigenvalue weighted by Gasteiger charge is -2.42. The summed E-state index contributed by atoms with van der Waals surface area (Å²) in [6.45, 7) is 17.0. The van der Waals surface area contributed by atoms with Crippen molar-refractivity contribution in [3.05, 3.63) is 68.3 Å². The van der Waals surface area contributed by atoms with Gasteiger partial charge in [0.25, 0.3) is 11.4 Å². The summed E-state index contributed by atoms with van der Waals surface area (Å²) >= 11 is 0. The van der Waals surface area contributed by atoms with Gasteiger partial charge in [0.05, 0.1) is 45.4 Å². The highest BCUT2D eigenvalue weighted by atomic mass is 16.6. The van der Waals surface area contributed by atoms with Crippen LogP contribution >= 0.6 is 0 Å². The SMILES string of the molecule is C[C@H]1[C@@H](C)[C@@H](C)O[C@@H](c2ccncc2[N+](=O)[O-])[C@H]1C.C[C@H]1[C@H](C)[C@@H](C)O[C@@H](c2ccncc2[N+](=O)[O-])[C@H]1C. The molecule has 38 heavy (non-hydrogen) atoms. The van der Waals surface area contributed by atoms with Gasteiger partial charge >= 0.3 is 0 Å². The van der Waals surface area contributed by atoms with E-state index in [9.17, 15) is 20.2 Å². The largest absolute Gasteiger partial charge is 0.370 e. The molecule has 10 atom stereocenters. The zero-order valence-corrected chi connectivity index (χ0v) is 23.5. The Morgan fingerprint density at radius 3 is 1.26 bits per heavy atom. The van der Waals surface area contributed by atoms with Gasteiger partial charge in [-0.2, -0.15) is 0 Å². The van der Waals surface area contributed by atoms with Gasteiger partial charge < -0.3 is 9.47 Å². The third-order valence-electron chi connectivity index (χ3n) is 9.15. The fourth-order valence-electron chi connectivity index (χ4n) is 5.62. The highest BCUT2D eigenvalue weighted by molar-refractivity contribution is 5.40. The van der Waals surface area contributed by atoms with Gasteiger partial charge in [-0.1, -0.05) is 41.5 Å².